The van der Waals surface area contributed by atoms with E-state index in [0.29, 0.717) is 12.5 Å². The second-order valence-corrected chi connectivity index (χ2v) is 9.67. The van der Waals surface area contributed by atoms with Crippen molar-refractivity contribution in [2.75, 3.05) is 13.2 Å². The standard InChI is InChI=1S/C23H30BN3O5/c1-23(2,3)11-17(12-25)21(28)27-13-16-10-18(16)19(27)14-32-22(29)26-20(24(30)31)9-15-7-5-4-6-8-15/h4-8,11,16,18-20,30-31H,9-10,13-14H2,1-3H3,(H,26,29)/t16-,18-,19-,20?/m0/s1. The molecule has 1 aromatic rings. The van der Waals surface area contributed by atoms with Crippen LogP contribution in [0.1, 0.15) is 32.8 Å². The van der Waals surface area contributed by atoms with E-state index in [2.05, 4.69) is 5.32 Å². The minimum absolute atomic E-state index is 0.00739. The number of carbonyl (C=O) groups is 2. The molecule has 2 fully saturated rings. The Bertz CT molecular complexity index is 906. The van der Waals surface area contributed by atoms with Gasteiger partial charge in [-0.15, -0.1) is 0 Å². The third kappa shape index (κ3) is 6.12. The smallest absolute Gasteiger partial charge is 0.447 e. The van der Waals surface area contributed by atoms with Gasteiger partial charge >= 0.3 is 13.2 Å². The van der Waals surface area contributed by atoms with E-state index in [1.54, 1.807) is 11.0 Å². The van der Waals surface area contributed by atoms with Crippen LogP contribution in [0.5, 0.6) is 0 Å². The molecule has 2 amide bonds. The summed E-state index contributed by atoms with van der Waals surface area (Å²) in [6.07, 6.45) is 2.09. The van der Waals surface area contributed by atoms with Gasteiger partial charge in [-0.25, -0.2) is 4.79 Å². The van der Waals surface area contributed by atoms with Crippen LogP contribution in [0.3, 0.4) is 0 Å². The zero-order valence-electron chi connectivity index (χ0n) is 18.7. The molecule has 3 rings (SSSR count). The zero-order chi connectivity index (χ0) is 23.5. The van der Waals surface area contributed by atoms with Gasteiger partial charge in [0.05, 0.1) is 12.0 Å². The molecule has 0 bridgehead atoms. The quantitative estimate of drug-likeness (QED) is 0.338. The Morgan fingerprint density at radius 3 is 2.62 bits per heavy atom. The first-order valence-corrected chi connectivity index (χ1v) is 10.9. The first-order chi connectivity index (χ1) is 15.1. The number of piperidine rings is 1. The molecule has 0 spiro atoms. The molecule has 3 N–H and O–H groups in total. The third-order valence-electron chi connectivity index (χ3n) is 5.84. The summed E-state index contributed by atoms with van der Waals surface area (Å²) in [7, 11) is -1.75. The van der Waals surface area contributed by atoms with Crippen LogP contribution in [0.2, 0.25) is 0 Å². The van der Waals surface area contributed by atoms with Crippen LogP contribution < -0.4 is 5.32 Å². The molecule has 32 heavy (non-hydrogen) atoms. The average Bonchev–Trinajstić information content (AvgIpc) is 3.41. The van der Waals surface area contributed by atoms with E-state index < -0.39 is 19.2 Å². The fourth-order valence-corrected chi connectivity index (χ4v) is 4.20. The molecule has 1 unspecified atom stereocenters. The van der Waals surface area contributed by atoms with Crippen molar-refractivity contribution in [3.8, 4) is 6.07 Å². The Morgan fingerprint density at radius 1 is 1.34 bits per heavy atom. The number of amides is 2. The molecule has 1 heterocycles. The van der Waals surface area contributed by atoms with Crippen molar-refractivity contribution in [2.24, 2.45) is 17.3 Å². The third-order valence-corrected chi connectivity index (χ3v) is 5.84. The molecule has 170 valence electrons. The molecule has 1 saturated carbocycles. The first kappa shape index (κ1) is 23.8. The Morgan fingerprint density at radius 2 is 2.03 bits per heavy atom. The van der Waals surface area contributed by atoms with E-state index in [4.69, 9.17) is 4.74 Å². The predicted octanol–water partition coefficient (Wildman–Crippen LogP) is 1.68. The second-order valence-electron chi connectivity index (χ2n) is 9.67. The highest BCUT2D eigenvalue weighted by Gasteiger charge is 2.54. The highest BCUT2D eigenvalue weighted by atomic mass is 16.5. The summed E-state index contributed by atoms with van der Waals surface area (Å²) in [4.78, 5) is 26.9. The number of alkyl carbamates (subject to hydrolysis) is 1. The summed E-state index contributed by atoms with van der Waals surface area (Å²) in [6, 6.07) is 10.9. The Hall–Kier alpha value is -2.83. The Balaban J connectivity index is 1.59. The van der Waals surface area contributed by atoms with Gasteiger partial charge in [-0.3, -0.25) is 4.79 Å². The summed E-state index contributed by atoms with van der Waals surface area (Å²) in [6.45, 7) is 6.31. The molecule has 0 aromatic heterocycles. The van der Waals surface area contributed by atoms with E-state index >= 15 is 0 Å². The number of ether oxygens (including phenoxy) is 1. The van der Waals surface area contributed by atoms with Crippen molar-refractivity contribution in [3.63, 3.8) is 0 Å². The molecule has 9 heteroatoms. The molecule has 2 aliphatic rings. The number of nitriles is 1. The number of rotatable bonds is 7. The number of hydrogen-bond acceptors (Lipinski definition) is 6. The second kappa shape index (κ2) is 9.76. The number of hydrogen-bond donors (Lipinski definition) is 3. The lowest BCUT2D eigenvalue weighted by molar-refractivity contribution is -0.129. The molecule has 1 aliphatic carbocycles. The largest absolute Gasteiger partial charge is 0.475 e. The monoisotopic (exact) mass is 439 g/mol. The minimum Gasteiger partial charge on any atom is -0.447 e. The van der Waals surface area contributed by atoms with Crippen LogP contribution in [0.25, 0.3) is 0 Å². The fraction of sp³-hybridized carbons (Fsp3) is 0.522. The molecule has 1 aromatic carbocycles. The zero-order valence-corrected chi connectivity index (χ0v) is 18.7. The summed E-state index contributed by atoms with van der Waals surface area (Å²) in [5, 5.41) is 31.2. The molecule has 1 saturated heterocycles. The summed E-state index contributed by atoms with van der Waals surface area (Å²) in [5.41, 5.74) is 0.627. The van der Waals surface area contributed by atoms with E-state index in [9.17, 15) is 24.9 Å². The van der Waals surface area contributed by atoms with Crippen molar-refractivity contribution in [2.45, 2.75) is 45.6 Å². The van der Waals surface area contributed by atoms with Gasteiger partial charge in [-0.1, -0.05) is 57.2 Å². The normalized spacial score (nSPS) is 23.1. The van der Waals surface area contributed by atoms with Crippen molar-refractivity contribution < 1.29 is 24.4 Å². The van der Waals surface area contributed by atoms with Gasteiger partial charge in [0.1, 0.15) is 18.2 Å². The Labute approximate surface area is 189 Å². The van der Waals surface area contributed by atoms with E-state index in [1.807, 2.05) is 57.2 Å². The van der Waals surface area contributed by atoms with Crippen LogP contribution in [-0.2, 0) is 16.0 Å². The number of allylic oxidation sites excluding steroid dienone is 1. The first-order valence-electron chi connectivity index (χ1n) is 10.9. The van der Waals surface area contributed by atoms with Gasteiger partial charge in [0.25, 0.3) is 5.91 Å². The van der Waals surface area contributed by atoms with Crippen molar-refractivity contribution in [1.82, 2.24) is 10.2 Å². The molecule has 4 atom stereocenters. The summed E-state index contributed by atoms with van der Waals surface area (Å²) < 4.78 is 5.37. The number of likely N-dealkylation sites (tertiary alicyclic amines) is 1. The molecule has 1 aliphatic heterocycles. The van der Waals surface area contributed by atoms with E-state index in [0.717, 1.165) is 12.0 Å². The molecule has 0 radical (unpaired) electrons. The van der Waals surface area contributed by atoms with Crippen LogP contribution in [0.15, 0.2) is 42.0 Å². The lowest BCUT2D eigenvalue weighted by Gasteiger charge is -2.28. The van der Waals surface area contributed by atoms with Gasteiger partial charge in [0, 0.05) is 6.54 Å². The van der Waals surface area contributed by atoms with Crippen molar-refractivity contribution in [1.29, 1.82) is 5.26 Å². The number of nitrogens with one attached hydrogen (secondary N) is 1. The number of benzene rings is 1. The maximum absolute atomic E-state index is 13.0. The fourth-order valence-electron chi connectivity index (χ4n) is 4.20. The number of fused-ring (bicyclic) bond motifs is 1. The van der Waals surface area contributed by atoms with Crippen molar-refractivity contribution >= 4 is 19.1 Å². The lowest BCUT2D eigenvalue weighted by Crippen LogP contribution is -2.49. The van der Waals surface area contributed by atoms with Crippen LogP contribution in [-0.4, -0.2) is 59.2 Å². The van der Waals surface area contributed by atoms with Crippen LogP contribution in [0.4, 0.5) is 4.79 Å². The van der Waals surface area contributed by atoms with Gasteiger partial charge in [0.2, 0.25) is 0 Å². The number of nitrogens with zero attached hydrogens (tertiary/aromatic N) is 2. The summed E-state index contributed by atoms with van der Waals surface area (Å²) in [5.74, 6) is -0.642. The Kier molecular flexibility index (Phi) is 7.27. The molecular weight excluding hydrogens is 409 g/mol. The van der Waals surface area contributed by atoms with Crippen molar-refractivity contribution in [3.05, 3.63) is 47.5 Å². The lowest BCUT2D eigenvalue weighted by atomic mass is 9.76. The van der Waals surface area contributed by atoms with Gasteiger partial charge in [-0.05, 0) is 35.7 Å². The number of carbonyl (C=O) groups excluding carboxylic acids is 2. The molecule has 8 nitrogen and oxygen atoms in total. The maximum Gasteiger partial charge on any atom is 0.475 e. The minimum atomic E-state index is -1.75. The topological polar surface area (TPSA) is 123 Å². The SMILES string of the molecule is CC(C)(C)C=C(C#N)C(=O)N1C[C@@H]2C[C@@H]2[C@@H]1COC(=O)NC(Cc1ccccc1)B(O)O. The predicted molar refractivity (Wildman–Crippen MR) is 119 cm³/mol. The van der Waals surface area contributed by atoms with E-state index in [1.165, 1.54) is 0 Å². The maximum atomic E-state index is 13.0. The van der Waals surface area contributed by atoms with Gasteiger partial charge in [-0.2, -0.15) is 5.26 Å². The van der Waals surface area contributed by atoms with Gasteiger partial charge < -0.3 is 25.0 Å². The highest BCUT2D eigenvalue weighted by molar-refractivity contribution is 6.43. The van der Waals surface area contributed by atoms with Gasteiger partial charge in [0.15, 0.2) is 0 Å². The van der Waals surface area contributed by atoms with Crippen LogP contribution in [0, 0.1) is 28.6 Å². The average molecular weight is 439 g/mol. The van der Waals surface area contributed by atoms with E-state index in [-0.39, 0.29) is 41.9 Å². The highest BCUT2D eigenvalue weighted by Crippen LogP contribution is 2.50. The molecular formula is C23H30BN3O5. The van der Waals surface area contributed by atoms with Crippen LogP contribution >= 0.6 is 0 Å². The summed E-state index contributed by atoms with van der Waals surface area (Å²) >= 11 is 0.